The Labute approximate surface area is 84.1 Å². The number of nitrogens with zero attached hydrogens (tertiary/aromatic N) is 3. The molecule has 15 heavy (non-hydrogen) atoms. The van der Waals surface area contributed by atoms with Gasteiger partial charge in [0.1, 0.15) is 12.9 Å². The molecule has 0 unspecified atom stereocenters. The number of alkyl halides is 1. The zero-order valence-electron chi connectivity index (χ0n) is 7.72. The van der Waals surface area contributed by atoms with E-state index in [1.165, 1.54) is 6.33 Å². The molecule has 0 aromatic carbocycles. The van der Waals surface area contributed by atoms with Gasteiger partial charge in [-0.15, -0.1) is 0 Å². The van der Waals surface area contributed by atoms with Crippen LogP contribution in [0.25, 0.3) is 0 Å². The molecule has 1 N–H and O–H groups in total. The maximum absolute atomic E-state index is 11.7. The number of carbonyl (C=O) groups excluding carboxylic acids is 1. The second-order valence-corrected chi connectivity index (χ2v) is 2.68. The first-order valence-electron chi connectivity index (χ1n) is 4.12. The summed E-state index contributed by atoms with van der Waals surface area (Å²) in [6, 6.07) is 0. The summed E-state index contributed by atoms with van der Waals surface area (Å²) in [5.74, 6) is -0.765. The molecule has 0 aliphatic carbocycles. The summed E-state index contributed by atoms with van der Waals surface area (Å²) in [4.78, 5) is 24.4. The summed E-state index contributed by atoms with van der Waals surface area (Å²) in [5, 5.41) is 12.7. The van der Waals surface area contributed by atoms with Gasteiger partial charge in [-0.05, 0) is 4.92 Å². The molecule has 82 valence electrons. The van der Waals surface area contributed by atoms with Crippen LogP contribution in [0.5, 0.6) is 0 Å². The van der Waals surface area contributed by atoms with Crippen LogP contribution in [0.4, 0.5) is 10.2 Å². The molecular formula is C7H9FN4O3. The normalized spacial score (nSPS) is 9.93. The third-order valence-corrected chi connectivity index (χ3v) is 1.61. The first-order valence-corrected chi connectivity index (χ1v) is 4.12. The first kappa shape index (κ1) is 11.1. The second-order valence-electron chi connectivity index (χ2n) is 2.68. The fraction of sp³-hybridized carbons (Fsp3) is 0.429. The summed E-state index contributed by atoms with van der Waals surface area (Å²) >= 11 is 0. The lowest BCUT2D eigenvalue weighted by Gasteiger charge is -2.01. The van der Waals surface area contributed by atoms with Crippen LogP contribution in [-0.2, 0) is 11.3 Å². The van der Waals surface area contributed by atoms with E-state index in [2.05, 4.69) is 10.3 Å². The Bertz CT molecular complexity index is 365. The van der Waals surface area contributed by atoms with Gasteiger partial charge in [-0.3, -0.25) is 4.79 Å². The smallest absolute Gasteiger partial charge is 0.343 e. The Morgan fingerprint density at radius 2 is 2.47 bits per heavy atom. The number of halogens is 1. The van der Waals surface area contributed by atoms with E-state index in [0.29, 0.717) is 0 Å². The third kappa shape index (κ3) is 3.01. The van der Waals surface area contributed by atoms with Crippen LogP contribution < -0.4 is 5.32 Å². The minimum absolute atomic E-state index is 0.0959. The number of rotatable bonds is 5. The van der Waals surface area contributed by atoms with Crippen LogP contribution in [0.1, 0.15) is 0 Å². The molecule has 0 fully saturated rings. The van der Waals surface area contributed by atoms with E-state index in [1.54, 1.807) is 0 Å². The first-order chi connectivity index (χ1) is 7.15. The van der Waals surface area contributed by atoms with Crippen LogP contribution in [0, 0.1) is 10.1 Å². The molecule has 0 atom stereocenters. The summed E-state index contributed by atoms with van der Waals surface area (Å²) < 4.78 is 12.8. The number of carbonyl (C=O) groups is 1. The van der Waals surface area contributed by atoms with Crippen LogP contribution in [0.15, 0.2) is 12.5 Å². The highest BCUT2D eigenvalue weighted by atomic mass is 19.1. The number of amides is 1. The second kappa shape index (κ2) is 5.03. The molecule has 1 heterocycles. The lowest BCUT2D eigenvalue weighted by atomic mass is 10.5. The molecule has 1 amide bonds. The minimum Gasteiger partial charge on any atom is -0.358 e. The van der Waals surface area contributed by atoms with Crippen LogP contribution >= 0.6 is 0 Å². The molecule has 1 rings (SSSR count). The summed E-state index contributed by atoms with van der Waals surface area (Å²) in [6.07, 6.45) is 2.22. The summed E-state index contributed by atoms with van der Waals surface area (Å²) in [5.41, 5.74) is 0. The Hall–Kier alpha value is -1.99. The molecule has 0 aliphatic rings. The number of nitrogens with one attached hydrogen (secondary N) is 1. The molecule has 1 aromatic rings. The van der Waals surface area contributed by atoms with Crippen molar-refractivity contribution in [3.63, 3.8) is 0 Å². The van der Waals surface area contributed by atoms with E-state index in [9.17, 15) is 19.3 Å². The van der Waals surface area contributed by atoms with Gasteiger partial charge in [0.05, 0.1) is 0 Å². The van der Waals surface area contributed by atoms with Gasteiger partial charge in [0.2, 0.25) is 0 Å². The van der Waals surface area contributed by atoms with Gasteiger partial charge >= 0.3 is 5.82 Å². The van der Waals surface area contributed by atoms with Gasteiger partial charge in [-0.2, -0.15) is 0 Å². The van der Waals surface area contributed by atoms with Gasteiger partial charge in [0.25, 0.3) is 5.91 Å². The van der Waals surface area contributed by atoms with Crippen LogP contribution in [0.3, 0.4) is 0 Å². The average Bonchev–Trinajstić information content (AvgIpc) is 2.62. The molecule has 0 saturated carbocycles. The van der Waals surface area contributed by atoms with E-state index in [1.807, 2.05) is 0 Å². The average molecular weight is 216 g/mol. The van der Waals surface area contributed by atoms with Crippen molar-refractivity contribution in [3.05, 3.63) is 22.6 Å². The van der Waals surface area contributed by atoms with Gasteiger partial charge in [0, 0.05) is 6.54 Å². The Morgan fingerprint density at radius 1 is 1.73 bits per heavy atom. The Kier molecular flexibility index (Phi) is 3.72. The molecule has 0 radical (unpaired) electrons. The summed E-state index contributed by atoms with van der Waals surface area (Å²) in [6.45, 7) is -1.00. The lowest BCUT2D eigenvalue weighted by molar-refractivity contribution is -0.392. The molecule has 0 aliphatic heterocycles. The van der Waals surface area contributed by atoms with Crippen LogP contribution in [0.2, 0.25) is 0 Å². The van der Waals surface area contributed by atoms with Crippen molar-refractivity contribution in [3.8, 4) is 0 Å². The molecule has 7 nitrogen and oxygen atoms in total. The van der Waals surface area contributed by atoms with E-state index < -0.39 is 17.5 Å². The van der Waals surface area contributed by atoms with Crippen molar-refractivity contribution in [2.75, 3.05) is 13.2 Å². The standard InChI is InChI=1S/C7H9FN4O3/c8-1-2-10-6(13)4-11-5-9-3-7(11)12(14)15/h3,5H,1-2,4H2,(H,10,13). The number of imidazole rings is 1. The van der Waals surface area contributed by atoms with Crippen molar-refractivity contribution >= 4 is 11.7 Å². The van der Waals surface area contributed by atoms with Gasteiger partial charge < -0.3 is 15.4 Å². The highest BCUT2D eigenvalue weighted by molar-refractivity contribution is 5.75. The maximum Gasteiger partial charge on any atom is 0.343 e. The number of nitro groups is 1. The van der Waals surface area contributed by atoms with Crippen LogP contribution in [-0.4, -0.2) is 33.6 Å². The molecule has 1 aromatic heterocycles. The third-order valence-electron chi connectivity index (χ3n) is 1.61. The lowest BCUT2D eigenvalue weighted by Crippen LogP contribution is -2.29. The van der Waals surface area contributed by atoms with E-state index in [-0.39, 0.29) is 18.9 Å². The molecule has 8 heteroatoms. The zero-order valence-corrected chi connectivity index (χ0v) is 7.72. The molecular weight excluding hydrogens is 207 g/mol. The number of hydrogen-bond donors (Lipinski definition) is 1. The topological polar surface area (TPSA) is 90.1 Å². The predicted octanol–water partition coefficient (Wildman–Crippen LogP) is -0.123. The van der Waals surface area contributed by atoms with E-state index >= 15 is 0 Å². The van der Waals surface area contributed by atoms with Crippen molar-refractivity contribution < 1.29 is 14.1 Å². The van der Waals surface area contributed by atoms with Crippen molar-refractivity contribution in [1.82, 2.24) is 14.9 Å². The maximum atomic E-state index is 11.7. The van der Waals surface area contributed by atoms with Crippen molar-refractivity contribution in [2.45, 2.75) is 6.54 Å². The Morgan fingerprint density at radius 3 is 3.07 bits per heavy atom. The van der Waals surface area contributed by atoms with E-state index in [4.69, 9.17) is 0 Å². The van der Waals surface area contributed by atoms with Gasteiger partial charge in [-0.25, -0.2) is 13.9 Å². The molecule has 0 bridgehead atoms. The molecule has 0 spiro atoms. The SMILES string of the molecule is O=C(Cn1cncc1[N+](=O)[O-])NCCF. The highest BCUT2D eigenvalue weighted by Crippen LogP contribution is 2.08. The number of hydrogen-bond acceptors (Lipinski definition) is 4. The van der Waals surface area contributed by atoms with Crippen molar-refractivity contribution in [1.29, 1.82) is 0 Å². The fourth-order valence-corrected chi connectivity index (χ4v) is 0.985. The minimum atomic E-state index is -0.669. The fourth-order valence-electron chi connectivity index (χ4n) is 0.985. The summed E-state index contributed by atoms with van der Waals surface area (Å²) in [7, 11) is 0. The van der Waals surface area contributed by atoms with E-state index in [0.717, 1.165) is 10.8 Å². The highest BCUT2D eigenvalue weighted by Gasteiger charge is 2.15. The quantitative estimate of drug-likeness (QED) is 0.548. The Balaban J connectivity index is 2.60. The largest absolute Gasteiger partial charge is 0.358 e. The zero-order chi connectivity index (χ0) is 11.3. The van der Waals surface area contributed by atoms with Gasteiger partial charge in [0.15, 0.2) is 12.9 Å². The predicted molar refractivity (Wildman–Crippen MR) is 47.9 cm³/mol. The number of aromatic nitrogens is 2. The van der Waals surface area contributed by atoms with Crippen molar-refractivity contribution in [2.24, 2.45) is 0 Å². The molecule has 0 saturated heterocycles. The van der Waals surface area contributed by atoms with Gasteiger partial charge in [-0.1, -0.05) is 0 Å². The monoisotopic (exact) mass is 216 g/mol.